The molecule has 1 aliphatic rings. The fourth-order valence-electron chi connectivity index (χ4n) is 3.07. The molecule has 0 radical (unpaired) electrons. The number of benzene rings is 1. The van der Waals surface area contributed by atoms with Gasteiger partial charge in [-0.3, -0.25) is 14.4 Å². The van der Waals surface area contributed by atoms with Crippen molar-refractivity contribution < 1.29 is 14.4 Å². The van der Waals surface area contributed by atoms with Crippen molar-refractivity contribution in [1.29, 1.82) is 0 Å². The van der Waals surface area contributed by atoms with E-state index in [4.69, 9.17) is 23.2 Å². The number of likely N-dealkylation sites (tertiary alicyclic amines) is 1. The molecule has 2 rings (SSSR count). The lowest BCUT2D eigenvalue weighted by Crippen LogP contribution is -2.36. The molecule has 154 valence electrons. The van der Waals surface area contributed by atoms with Crippen LogP contribution in [0.1, 0.15) is 32.3 Å². The van der Waals surface area contributed by atoms with Crippen LogP contribution in [0, 0.1) is 5.92 Å². The lowest BCUT2D eigenvalue weighted by atomic mass is 10.1. The van der Waals surface area contributed by atoms with Crippen LogP contribution in [0.25, 0.3) is 0 Å². The maximum Gasteiger partial charge on any atom is 0.290 e. The van der Waals surface area contributed by atoms with Crippen LogP contribution in [0.3, 0.4) is 0 Å². The molecule has 1 aromatic rings. The first-order chi connectivity index (χ1) is 13.3. The maximum atomic E-state index is 12.3. The van der Waals surface area contributed by atoms with E-state index in [1.165, 1.54) is 4.90 Å². The topological polar surface area (TPSA) is 78.5 Å². The molecule has 0 bridgehead atoms. The van der Waals surface area contributed by atoms with Crippen LogP contribution in [0.2, 0.25) is 10.0 Å². The summed E-state index contributed by atoms with van der Waals surface area (Å²) < 4.78 is 0. The monoisotopic (exact) mass is 427 g/mol. The quantitative estimate of drug-likeness (QED) is 0.341. The first kappa shape index (κ1) is 22.7. The average molecular weight is 428 g/mol. The number of halogens is 2. The molecule has 28 heavy (non-hydrogen) atoms. The van der Waals surface area contributed by atoms with Gasteiger partial charge in [0.05, 0.1) is 10.0 Å². The third-order valence-electron chi connectivity index (χ3n) is 4.62. The minimum Gasteiger partial charge on any atom is -0.355 e. The van der Waals surface area contributed by atoms with Gasteiger partial charge in [0.1, 0.15) is 5.92 Å². The molecule has 1 unspecified atom stereocenters. The molecular formula is C20H27Cl2N3O3. The Morgan fingerprint density at radius 1 is 1.18 bits per heavy atom. The molecule has 1 aromatic carbocycles. The summed E-state index contributed by atoms with van der Waals surface area (Å²) in [5.41, 5.74) is 1.02. The van der Waals surface area contributed by atoms with Crippen LogP contribution in [-0.2, 0) is 20.8 Å². The van der Waals surface area contributed by atoms with Crippen molar-refractivity contribution in [3.63, 3.8) is 0 Å². The van der Waals surface area contributed by atoms with Gasteiger partial charge in [0.25, 0.3) is 5.91 Å². The van der Waals surface area contributed by atoms with E-state index in [1.54, 1.807) is 12.1 Å². The van der Waals surface area contributed by atoms with Crippen LogP contribution in [-0.4, -0.2) is 54.7 Å². The number of hydrogen-bond donors (Lipinski definition) is 2. The summed E-state index contributed by atoms with van der Waals surface area (Å²) in [6, 6.07) is 5.81. The number of rotatable bonds is 10. The first-order valence-corrected chi connectivity index (χ1v) is 10.3. The van der Waals surface area contributed by atoms with E-state index in [9.17, 15) is 14.4 Å². The summed E-state index contributed by atoms with van der Waals surface area (Å²) in [5.74, 6) is -2.45. The fourth-order valence-corrected chi connectivity index (χ4v) is 3.39. The van der Waals surface area contributed by atoms with E-state index in [1.807, 2.05) is 19.9 Å². The zero-order valence-electron chi connectivity index (χ0n) is 16.3. The molecule has 0 aliphatic carbocycles. The van der Waals surface area contributed by atoms with Crippen molar-refractivity contribution in [2.24, 2.45) is 5.92 Å². The Balaban J connectivity index is 1.73. The van der Waals surface area contributed by atoms with Gasteiger partial charge < -0.3 is 15.5 Å². The van der Waals surface area contributed by atoms with E-state index < -0.39 is 17.6 Å². The van der Waals surface area contributed by atoms with Gasteiger partial charge >= 0.3 is 0 Å². The summed E-state index contributed by atoms with van der Waals surface area (Å²) in [4.78, 5) is 38.0. The molecule has 2 N–H and O–H groups in total. The largest absolute Gasteiger partial charge is 0.355 e. The predicted octanol–water partition coefficient (Wildman–Crippen LogP) is 2.46. The normalized spacial score (nSPS) is 16.9. The Bertz CT molecular complexity index is 725. The SMILES string of the molecule is CC(C)NCCCN1CC(C(=O)NCCCc2ccc(Cl)c(Cl)c2)C(=O)C1=O. The summed E-state index contributed by atoms with van der Waals surface area (Å²) in [7, 11) is 0. The highest BCUT2D eigenvalue weighted by atomic mass is 35.5. The number of nitrogens with one attached hydrogen (secondary N) is 2. The zero-order chi connectivity index (χ0) is 20.7. The number of carbonyl (C=O) groups excluding carboxylic acids is 3. The molecule has 1 saturated heterocycles. The molecule has 1 fully saturated rings. The maximum absolute atomic E-state index is 12.3. The van der Waals surface area contributed by atoms with Gasteiger partial charge in [0.2, 0.25) is 11.7 Å². The molecule has 0 aromatic heterocycles. The van der Waals surface area contributed by atoms with Gasteiger partial charge in [0, 0.05) is 25.7 Å². The van der Waals surface area contributed by atoms with E-state index in [0.717, 1.165) is 24.9 Å². The molecule has 0 spiro atoms. The van der Waals surface area contributed by atoms with Crippen LogP contribution in [0.5, 0.6) is 0 Å². The van der Waals surface area contributed by atoms with Gasteiger partial charge in [-0.15, -0.1) is 0 Å². The smallest absolute Gasteiger partial charge is 0.290 e. The molecular weight excluding hydrogens is 401 g/mol. The third-order valence-corrected chi connectivity index (χ3v) is 5.36. The predicted molar refractivity (Wildman–Crippen MR) is 111 cm³/mol. The summed E-state index contributed by atoms with van der Waals surface area (Å²) >= 11 is 11.9. The highest BCUT2D eigenvalue weighted by molar-refractivity contribution is 6.42. The third kappa shape index (κ3) is 6.47. The second-order valence-electron chi connectivity index (χ2n) is 7.27. The van der Waals surface area contributed by atoms with Crippen LogP contribution in [0.15, 0.2) is 18.2 Å². The van der Waals surface area contributed by atoms with Crippen molar-refractivity contribution in [2.45, 2.75) is 39.2 Å². The number of carbonyl (C=O) groups is 3. The molecule has 2 amide bonds. The number of nitrogens with zero attached hydrogens (tertiary/aromatic N) is 1. The molecule has 1 atom stereocenters. The minimum atomic E-state index is -0.907. The lowest BCUT2D eigenvalue weighted by Gasteiger charge is -2.16. The number of Topliss-reactive ketones (excluding diaryl/α,β-unsaturated/α-hetero) is 1. The van der Waals surface area contributed by atoms with Crippen molar-refractivity contribution >= 4 is 40.8 Å². The molecule has 1 aliphatic heterocycles. The highest BCUT2D eigenvalue weighted by Crippen LogP contribution is 2.23. The summed E-state index contributed by atoms with van der Waals surface area (Å²) in [6.07, 6.45) is 2.17. The summed E-state index contributed by atoms with van der Waals surface area (Å²) in [6.45, 7) is 5.93. The number of amides is 2. The van der Waals surface area contributed by atoms with Crippen molar-refractivity contribution in [2.75, 3.05) is 26.2 Å². The van der Waals surface area contributed by atoms with Gasteiger partial charge in [-0.1, -0.05) is 43.1 Å². The molecule has 6 nitrogen and oxygen atoms in total. The Morgan fingerprint density at radius 2 is 1.93 bits per heavy atom. The van der Waals surface area contributed by atoms with Crippen molar-refractivity contribution in [3.8, 4) is 0 Å². The number of ketones is 1. The van der Waals surface area contributed by atoms with E-state index in [0.29, 0.717) is 35.6 Å². The average Bonchev–Trinajstić information content (AvgIpc) is 2.93. The van der Waals surface area contributed by atoms with Crippen molar-refractivity contribution in [3.05, 3.63) is 33.8 Å². The fraction of sp³-hybridized carbons (Fsp3) is 0.550. The standard InChI is InChI=1S/C20H27Cl2N3O3/c1-13(2)23-9-4-10-25-12-15(18(26)20(25)28)19(27)24-8-3-5-14-6-7-16(21)17(22)11-14/h6-7,11,13,15,23H,3-5,8-10,12H2,1-2H3,(H,24,27). The minimum absolute atomic E-state index is 0.165. The zero-order valence-corrected chi connectivity index (χ0v) is 17.8. The number of aryl methyl sites for hydroxylation is 1. The van der Waals surface area contributed by atoms with Crippen molar-refractivity contribution in [1.82, 2.24) is 15.5 Å². The Hall–Kier alpha value is -1.63. The Morgan fingerprint density at radius 3 is 2.61 bits per heavy atom. The Labute approximate surface area is 175 Å². The molecule has 8 heteroatoms. The van der Waals surface area contributed by atoms with E-state index >= 15 is 0 Å². The lowest BCUT2D eigenvalue weighted by molar-refractivity contribution is -0.142. The summed E-state index contributed by atoms with van der Waals surface area (Å²) in [5, 5.41) is 7.04. The second-order valence-corrected chi connectivity index (χ2v) is 8.09. The first-order valence-electron chi connectivity index (χ1n) is 9.57. The van der Waals surface area contributed by atoms with Gasteiger partial charge in [-0.2, -0.15) is 0 Å². The molecule has 1 heterocycles. The van der Waals surface area contributed by atoms with Gasteiger partial charge in [-0.25, -0.2) is 0 Å². The van der Waals surface area contributed by atoms with Crippen LogP contribution in [0.4, 0.5) is 0 Å². The van der Waals surface area contributed by atoms with Crippen LogP contribution < -0.4 is 10.6 Å². The van der Waals surface area contributed by atoms with E-state index in [2.05, 4.69) is 10.6 Å². The number of hydrogen-bond acceptors (Lipinski definition) is 4. The second kappa shape index (κ2) is 10.8. The van der Waals surface area contributed by atoms with E-state index in [-0.39, 0.29) is 12.5 Å². The van der Waals surface area contributed by atoms with Crippen LogP contribution >= 0.6 is 23.2 Å². The Kier molecular flexibility index (Phi) is 8.73. The van der Waals surface area contributed by atoms with Gasteiger partial charge in [-0.05, 0) is 43.5 Å². The van der Waals surface area contributed by atoms with Gasteiger partial charge in [0.15, 0.2) is 0 Å². The molecule has 0 saturated carbocycles. The highest BCUT2D eigenvalue weighted by Gasteiger charge is 2.42.